The first kappa shape index (κ1) is 18.7. The van der Waals surface area contributed by atoms with Gasteiger partial charge in [-0.3, -0.25) is 0 Å². The monoisotopic (exact) mass is 352 g/mol. The molecule has 1 aromatic rings. The van der Waals surface area contributed by atoms with Gasteiger partial charge in [-0.25, -0.2) is 8.42 Å². The topological polar surface area (TPSA) is 63.4 Å². The lowest BCUT2D eigenvalue weighted by Gasteiger charge is -2.33. The molecule has 2 N–H and O–H groups in total. The maximum absolute atomic E-state index is 12.7. The molecule has 0 amide bonds. The van der Waals surface area contributed by atoms with Gasteiger partial charge in [0.05, 0.1) is 4.90 Å². The molecule has 1 atom stereocenters. The van der Waals surface area contributed by atoms with Crippen LogP contribution in [0.5, 0.6) is 0 Å². The van der Waals surface area contributed by atoms with Gasteiger partial charge in [0.2, 0.25) is 10.0 Å². The number of benzene rings is 1. The Labute approximate surface area is 138 Å². The number of nitrogens with zero attached hydrogens (tertiary/aromatic N) is 1. The summed E-state index contributed by atoms with van der Waals surface area (Å²) >= 11 is 5.93. The van der Waals surface area contributed by atoms with E-state index in [0.29, 0.717) is 28.9 Å². The molecule has 2 rings (SSSR count). The van der Waals surface area contributed by atoms with Crippen LogP contribution in [-0.2, 0) is 10.0 Å². The van der Waals surface area contributed by atoms with E-state index in [1.165, 1.54) is 6.07 Å². The van der Waals surface area contributed by atoms with Gasteiger partial charge >= 0.3 is 0 Å². The van der Waals surface area contributed by atoms with Crippen LogP contribution in [0, 0.1) is 12.8 Å². The third-order valence-electron chi connectivity index (χ3n) is 4.01. The smallest absolute Gasteiger partial charge is 0.243 e. The van der Waals surface area contributed by atoms with Crippen molar-refractivity contribution in [2.24, 2.45) is 11.7 Å². The zero-order chi connectivity index (χ0) is 14.9. The molecule has 1 unspecified atom stereocenters. The van der Waals surface area contributed by atoms with Crippen molar-refractivity contribution in [3.05, 3.63) is 28.8 Å². The number of hydrogen-bond acceptors (Lipinski definition) is 3. The molecule has 21 heavy (non-hydrogen) atoms. The Bertz CT molecular complexity index is 583. The quantitative estimate of drug-likeness (QED) is 0.909. The van der Waals surface area contributed by atoms with E-state index >= 15 is 0 Å². The Hall–Kier alpha value is -0.330. The van der Waals surface area contributed by atoms with Gasteiger partial charge in [-0.2, -0.15) is 4.31 Å². The van der Waals surface area contributed by atoms with E-state index in [2.05, 4.69) is 0 Å². The first-order valence-electron chi connectivity index (χ1n) is 6.84. The second-order valence-corrected chi connectivity index (χ2v) is 7.85. The van der Waals surface area contributed by atoms with Crippen molar-refractivity contribution in [2.45, 2.75) is 37.6 Å². The molecule has 1 aromatic carbocycles. The summed E-state index contributed by atoms with van der Waals surface area (Å²) in [6.07, 6.45) is 1.63. The van der Waals surface area contributed by atoms with Gasteiger partial charge in [-0.1, -0.05) is 17.7 Å². The molecule has 1 aliphatic rings. The summed E-state index contributed by atoms with van der Waals surface area (Å²) < 4.78 is 26.9. The second kappa shape index (κ2) is 7.29. The van der Waals surface area contributed by atoms with E-state index < -0.39 is 10.0 Å². The molecule has 0 aliphatic carbocycles. The molecule has 1 heterocycles. The predicted octanol–water partition coefficient (Wildman–Crippen LogP) is 2.82. The molecule has 0 bridgehead atoms. The first-order chi connectivity index (χ1) is 9.32. The number of aryl methyl sites for hydroxylation is 1. The standard InChI is InChI=1S/C14H21ClN2O2S.ClH/c1-10-3-4-13(15)9-14(10)20(18,19)17-7-5-12(6-8-17)11(2)16;/h3-4,9,11-12H,5-8,16H2,1-2H3;1H. The van der Waals surface area contributed by atoms with E-state index in [-0.39, 0.29) is 18.4 Å². The lowest BCUT2D eigenvalue weighted by Crippen LogP contribution is -2.42. The van der Waals surface area contributed by atoms with Gasteiger partial charge in [0.15, 0.2) is 0 Å². The Kier molecular flexibility index (Phi) is 6.50. The van der Waals surface area contributed by atoms with Crippen LogP contribution in [0.15, 0.2) is 23.1 Å². The summed E-state index contributed by atoms with van der Waals surface area (Å²) in [5, 5.41) is 0.444. The molecule has 1 saturated heterocycles. The molecular formula is C14H22Cl2N2O2S. The minimum absolute atomic E-state index is 0. The first-order valence-corrected chi connectivity index (χ1v) is 8.66. The van der Waals surface area contributed by atoms with Crippen LogP contribution >= 0.6 is 24.0 Å². The zero-order valence-electron chi connectivity index (χ0n) is 12.3. The summed E-state index contributed by atoms with van der Waals surface area (Å²) in [6, 6.07) is 5.10. The lowest BCUT2D eigenvalue weighted by atomic mass is 9.92. The fourth-order valence-electron chi connectivity index (χ4n) is 2.63. The average Bonchev–Trinajstić information content (AvgIpc) is 2.41. The highest BCUT2D eigenvalue weighted by molar-refractivity contribution is 7.89. The third-order valence-corrected chi connectivity index (χ3v) is 6.29. The number of halogens is 2. The fraction of sp³-hybridized carbons (Fsp3) is 0.571. The fourth-order valence-corrected chi connectivity index (χ4v) is 4.59. The summed E-state index contributed by atoms with van der Waals surface area (Å²) in [7, 11) is -3.46. The Morgan fingerprint density at radius 1 is 1.33 bits per heavy atom. The molecule has 0 radical (unpaired) electrons. The molecular weight excluding hydrogens is 331 g/mol. The van der Waals surface area contributed by atoms with Crippen LogP contribution in [0.3, 0.4) is 0 Å². The van der Waals surface area contributed by atoms with Crippen molar-refractivity contribution in [3.63, 3.8) is 0 Å². The molecule has 1 fully saturated rings. The van der Waals surface area contributed by atoms with Gasteiger partial charge in [0, 0.05) is 24.2 Å². The van der Waals surface area contributed by atoms with E-state index in [1.807, 2.05) is 6.92 Å². The number of rotatable bonds is 3. The van der Waals surface area contributed by atoms with Gasteiger partial charge in [0.25, 0.3) is 0 Å². The molecule has 7 heteroatoms. The number of piperidine rings is 1. The summed E-state index contributed by atoms with van der Waals surface area (Å²) in [4.78, 5) is 0.309. The molecule has 0 spiro atoms. The van der Waals surface area contributed by atoms with Crippen LogP contribution < -0.4 is 5.73 Å². The molecule has 120 valence electrons. The van der Waals surface area contributed by atoms with Gasteiger partial charge in [-0.15, -0.1) is 12.4 Å². The Morgan fingerprint density at radius 3 is 2.43 bits per heavy atom. The highest BCUT2D eigenvalue weighted by Gasteiger charge is 2.31. The minimum Gasteiger partial charge on any atom is -0.328 e. The maximum Gasteiger partial charge on any atom is 0.243 e. The van der Waals surface area contributed by atoms with E-state index in [1.54, 1.807) is 23.4 Å². The molecule has 0 aromatic heterocycles. The zero-order valence-corrected chi connectivity index (χ0v) is 14.6. The normalized spacial score (nSPS) is 19.0. The Balaban J connectivity index is 0.00000220. The molecule has 4 nitrogen and oxygen atoms in total. The highest BCUT2D eigenvalue weighted by atomic mass is 35.5. The SMILES string of the molecule is Cc1ccc(Cl)cc1S(=O)(=O)N1CCC(C(C)N)CC1.Cl. The minimum atomic E-state index is -3.46. The van der Waals surface area contributed by atoms with Crippen LogP contribution in [0.1, 0.15) is 25.3 Å². The van der Waals surface area contributed by atoms with Crippen molar-refractivity contribution in [2.75, 3.05) is 13.1 Å². The largest absolute Gasteiger partial charge is 0.328 e. The third kappa shape index (κ3) is 4.11. The van der Waals surface area contributed by atoms with Gasteiger partial charge in [0.1, 0.15) is 0 Å². The van der Waals surface area contributed by atoms with Crippen molar-refractivity contribution in [1.82, 2.24) is 4.31 Å². The maximum atomic E-state index is 12.7. The average molecular weight is 353 g/mol. The van der Waals surface area contributed by atoms with Crippen molar-refractivity contribution in [1.29, 1.82) is 0 Å². The van der Waals surface area contributed by atoms with Gasteiger partial charge < -0.3 is 5.73 Å². The second-order valence-electron chi connectivity index (χ2n) is 5.51. The van der Waals surface area contributed by atoms with Crippen LogP contribution in [0.25, 0.3) is 0 Å². The van der Waals surface area contributed by atoms with Crippen molar-refractivity contribution < 1.29 is 8.42 Å². The van der Waals surface area contributed by atoms with Crippen LogP contribution in [-0.4, -0.2) is 31.9 Å². The van der Waals surface area contributed by atoms with Crippen LogP contribution in [0.2, 0.25) is 5.02 Å². The Morgan fingerprint density at radius 2 is 1.90 bits per heavy atom. The highest BCUT2D eigenvalue weighted by Crippen LogP contribution is 2.28. The van der Waals surface area contributed by atoms with E-state index in [4.69, 9.17) is 17.3 Å². The predicted molar refractivity (Wildman–Crippen MR) is 88.6 cm³/mol. The van der Waals surface area contributed by atoms with Gasteiger partial charge in [-0.05, 0) is 50.3 Å². The number of nitrogens with two attached hydrogens (primary N) is 1. The van der Waals surface area contributed by atoms with Crippen molar-refractivity contribution in [3.8, 4) is 0 Å². The summed E-state index contributed by atoms with van der Waals surface area (Å²) in [5.74, 6) is 0.405. The molecule has 1 aliphatic heterocycles. The summed E-state index contributed by atoms with van der Waals surface area (Å²) in [6.45, 7) is 4.83. The lowest BCUT2D eigenvalue weighted by molar-refractivity contribution is 0.250. The van der Waals surface area contributed by atoms with E-state index in [0.717, 1.165) is 18.4 Å². The summed E-state index contributed by atoms with van der Waals surface area (Å²) in [5.41, 5.74) is 6.62. The van der Waals surface area contributed by atoms with Crippen molar-refractivity contribution >= 4 is 34.0 Å². The number of sulfonamides is 1. The molecule has 0 saturated carbocycles. The number of hydrogen-bond donors (Lipinski definition) is 1. The van der Waals surface area contributed by atoms with Crippen LogP contribution in [0.4, 0.5) is 0 Å². The van der Waals surface area contributed by atoms with E-state index in [9.17, 15) is 8.42 Å².